The number of hydrogen-bond donors (Lipinski definition) is 0. The number of benzene rings is 2. The number of carbonyl (C=O) groups is 2. The normalized spacial score (nSPS) is 11.5. The molecule has 26 heavy (non-hydrogen) atoms. The van der Waals surface area contributed by atoms with Gasteiger partial charge in [0.15, 0.2) is 4.80 Å². The summed E-state index contributed by atoms with van der Waals surface area (Å²) in [5.74, 6) is -0.733. The Labute approximate surface area is 162 Å². The van der Waals surface area contributed by atoms with Crippen LogP contribution < -0.4 is 4.80 Å². The van der Waals surface area contributed by atoms with Crippen LogP contribution in [0.25, 0.3) is 10.2 Å². The molecule has 0 saturated heterocycles. The SMILES string of the molecule is C=CCn1c(=NC(=O)c2cccc(Br)c2)sc2cc(C(=O)OC)ccc21. The Bertz CT molecular complexity index is 1080. The maximum absolute atomic E-state index is 12.5. The Hall–Kier alpha value is -2.51. The molecule has 0 saturated carbocycles. The van der Waals surface area contributed by atoms with Crippen LogP contribution >= 0.6 is 27.3 Å². The van der Waals surface area contributed by atoms with Crippen LogP contribution in [0.1, 0.15) is 20.7 Å². The highest BCUT2D eigenvalue weighted by Crippen LogP contribution is 2.20. The number of carbonyl (C=O) groups excluding carboxylic acids is 2. The second kappa shape index (κ2) is 7.80. The van der Waals surface area contributed by atoms with Crippen LogP contribution in [0.5, 0.6) is 0 Å². The predicted molar refractivity (Wildman–Crippen MR) is 105 cm³/mol. The number of thiazole rings is 1. The van der Waals surface area contributed by atoms with Gasteiger partial charge >= 0.3 is 5.97 Å². The Morgan fingerprint density at radius 3 is 2.77 bits per heavy atom. The Kier molecular flexibility index (Phi) is 5.49. The van der Waals surface area contributed by atoms with Crippen molar-refractivity contribution in [2.45, 2.75) is 6.54 Å². The van der Waals surface area contributed by atoms with Crippen molar-refractivity contribution < 1.29 is 14.3 Å². The predicted octanol–water partition coefficient (Wildman–Crippen LogP) is 4.18. The molecule has 0 radical (unpaired) electrons. The number of ether oxygens (including phenoxy) is 1. The van der Waals surface area contributed by atoms with Crippen molar-refractivity contribution in [3.63, 3.8) is 0 Å². The van der Waals surface area contributed by atoms with Gasteiger partial charge < -0.3 is 9.30 Å². The second-order valence-corrected chi connectivity index (χ2v) is 7.31. The first-order chi connectivity index (χ1) is 12.5. The quantitative estimate of drug-likeness (QED) is 0.460. The first-order valence-electron chi connectivity index (χ1n) is 7.70. The average molecular weight is 431 g/mol. The molecule has 0 unspecified atom stereocenters. The molecule has 0 aliphatic carbocycles. The van der Waals surface area contributed by atoms with Crippen LogP contribution in [-0.2, 0) is 11.3 Å². The number of methoxy groups -OCH3 is 1. The third-order valence-electron chi connectivity index (χ3n) is 3.68. The molecule has 1 aromatic heterocycles. The summed E-state index contributed by atoms with van der Waals surface area (Å²) in [5.41, 5.74) is 1.83. The number of rotatable bonds is 4. The number of halogens is 1. The monoisotopic (exact) mass is 430 g/mol. The van der Waals surface area contributed by atoms with Crippen LogP contribution in [0, 0.1) is 0 Å². The molecule has 0 aliphatic rings. The molecule has 3 rings (SSSR count). The van der Waals surface area contributed by atoms with Gasteiger partial charge in [-0.05, 0) is 36.4 Å². The Balaban J connectivity index is 2.14. The number of hydrogen-bond acceptors (Lipinski definition) is 4. The van der Waals surface area contributed by atoms with Crippen LogP contribution in [0.4, 0.5) is 0 Å². The summed E-state index contributed by atoms with van der Waals surface area (Å²) in [6.45, 7) is 4.27. The number of fused-ring (bicyclic) bond motifs is 1. The lowest BCUT2D eigenvalue weighted by Crippen LogP contribution is -2.16. The second-order valence-electron chi connectivity index (χ2n) is 5.39. The zero-order chi connectivity index (χ0) is 18.7. The molecule has 0 N–H and O–H groups in total. The van der Waals surface area contributed by atoms with Crippen LogP contribution in [0.3, 0.4) is 0 Å². The molecule has 0 bridgehead atoms. The van der Waals surface area contributed by atoms with E-state index in [4.69, 9.17) is 4.74 Å². The zero-order valence-corrected chi connectivity index (χ0v) is 16.3. The van der Waals surface area contributed by atoms with Gasteiger partial charge in [-0.2, -0.15) is 4.99 Å². The van der Waals surface area contributed by atoms with Crippen molar-refractivity contribution in [3.8, 4) is 0 Å². The molecule has 0 fully saturated rings. The molecule has 0 spiro atoms. The van der Waals surface area contributed by atoms with E-state index in [-0.39, 0.29) is 5.91 Å². The summed E-state index contributed by atoms with van der Waals surface area (Å²) in [7, 11) is 1.34. The van der Waals surface area contributed by atoms with Gasteiger partial charge in [0.2, 0.25) is 0 Å². The number of esters is 1. The summed E-state index contributed by atoms with van der Waals surface area (Å²) < 4.78 is 8.32. The fourth-order valence-corrected chi connectivity index (χ4v) is 3.96. The van der Waals surface area contributed by atoms with Gasteiger partial charge in [-0.25, -0.2) is 4.79 Å². The maximum atomic E-state index is 12.5. The third kappa shape index (κ3) is 3.68. The van der Waals surface area contributed by atoms with Crippen molar-refractivity contribution in [3.05, 3.63) is 75.5 Å². The molecular formula is C19H15BrN2O3S. The van der Waals surface area contributed by atoms with Gasteiger partial charge in [0.1, 0.15) is 0 Å². The van der Waals surface area contributed by atoms with Gasteiger partial charge in [-0.15, -0.1) is 6.58 Å². The summed E-state index contributed by atoms with van der Waals surface area (Å²) in [4.78, 5) is 29.1. The van der Waals surface area contributed by atoms with E-state index in [1.165, 1.54) is 18.4 Å². The van der Waals surface area contributed by atoms with Crippen molar-refractivity contribution >= 4 is 49.4 Å². The highest BCUT2D eigenvalue weighted by Gasteiger charge is 2.12. The molecule has 1 heterocycles. The van der Waals surface area contributed by atoms with Crippen LogP contribution in [0.2, 0.25) is 0 Å². The Morgan fingerprint density at radius 2 is 2.08 bits per heavy atom. The van der Waals surface area contributed by atoms with E-state index in [0.717, 1.165) is 14.7 Å². The van der Waals surface area contributed by atoms with Crippen LogP contribution in [-0.4, -0.2) is 23.6 Å². The number of nitrogens with zero attached hydrogens (tertiary/aromatic N) is 2. The molecule has 0 aliphatic heterocycles. The van der Waals surface area contributed by atoms with E-state index in [2.05, 4.69) is 27.5 Å². The minimum Gasteiger partial charge on any atom is -0.465 e. The van der Waals surface area contributed by atoms with Crippen molar-refractivity contribution in [2.24, 2.45) is 4.99 Å². The minimum absolute atomic E-state index is 0.330. The zero-order valence-electron chi connectivity index (χ0n) is 13.9. The lowest BCUT2D eigenvalue weighted by Gasteiger charge is -2.02. The average Bonchev–Trinajstić information content (AvgIpc) is 2.97. The number of aromatic nitrogens is 1. The first kappa shape index (κ1) is 18.3. The maximum Gasteiger partial charge on any atom is 0.337 e. The summed E-state index contributed by atoms with van der Waals surface area (Å²) in [6.07, 6.45) is 1.74. The van der Waals surface area contributed by atoms with Crippen molar-refractivity contribution in [1.29, 1.82) is 0 Å². The lowest BCUT2D eigenvalue weighted by atomic mass is 10.2. The summed E-state index contributed by atoms with van der Waals surface area (Å²) in [6, 6.07) is 12.3. The highest BCUT2D eigenvalue weighted by molar-refractivity contribution is 9.10. The van der Waals surface area contributed by atoms with E-state index in [1.807, 2.05) is 16.7 Å². The highest BCUT2D eigenvalue weighted by atomic mass is 79.9. The number of allylic oxidation sites excluding steroid dienone is 1. The lowest BCUT2D eigenvalue weighted by molar-refractivity contribution is 0.0601. The summed E-state index contributed by atoms with van der Waals surface area (Å²) in [5, 5.41) is 0. The standard InChI is InChI=1S/C19H15BrN2O3S/c1-3-9-22-15-8-7-13(18(24)25-2)11-16(15)26-19(22)21-17(23)12-5-4-6-14(20)10-12/h3-8,10-11H,1,9H2,2H3. The smallest absolute Gasteiger partial charge is 0.337 e. The molecule has 3 aromatic rings. The van der Waals surface area contributed by atoms with Crippen molar-refractivity contribution in [2.75, 3.05) is 7.11 Å². The minimum atomic E-state index is -0.403. The summed E-state index contributed by atoms with van der Waals surface area (Å²) >= 11 is 4.70. The fourth-order valence-electron chi connectivity index (χ4n) is 2.48. The molecular weight excluding hydrogens is 416 g/mol. The largest absolute Gasteiger partial charge is 0.465 e. The topological polar surface area (TPSA) is 60.7 Å². The molecule has 7 heteroatoms. The molecule has 2 aromatic carbocycles. The van der Waals surface area contributed by atoms with E-state index >= 15 is 0 Å². The van der Waals surface area contributed by atoms with Gasteiger partial charge in [-0.1, -0.05) is 39.4 Å². The molecule has 132 valence electrons. The first-order valence-corrected chi connectivity index (χ1v) is 9.31. The molecule has 0 atom stereocenters. The van der Waals surface area contributed by atoms with Gasteiger partial charge in [0.05, 0.1) is 22.9 Å². The molecule has 5 nitrogen and oxygen atoms in total. The van der Waals surface area contributed by atoms with Crippen molar-refractivity contribution in [1.82, 2.24) is 4.57 Å². The third-order valence-corrected chi connectivity index (χ3v) is 5.22. The van der Waals surface area contributed by atoms with E-state index in [0.29, 0.717) is 22.5 Å². The number of amides is 1. The van der Waals surface area contributed by atoms with E-state index in [1.54, 1.807) is 36.4 Å². The molecule has 1 amide bonds. The van der Waals surface area contributed by atoms with Gasteiger partial charge in [0, 0.05) is 16.6 Å². The van der Waals surface area contributed by atoms with Gasteiger partial charge in [-0.3, -0.25) is 4.79 Å². The fraction of sp³-hybridized carbons (Fsp3) is 0.105. The van der Waals surface area contributed by atoms with E-state index < -0.39 is 5.97 Å². The Morgan fingerprint density at radius 1 is 1.27 bits per heavy atom. The van der Waals surface area contributed by atoms with Crippen LogP contribution in [0.15, 0.2) is 64.6 Å². The van der Waals surface area contributed by atoms with E-state index in [9.17, 15) is 9.59 Å². The van der Waals surface area contributed by atoms with Gasteiger partial charge in [0.25, 0.3) is 5.91 Å².